The van der Waals surface area contributed by atoms with Crippen LogP contribution in [0.3, 0.4) is 0 Å². The number of fused-ring (bicyclic) bond motifs is 2. The molecule has 9 aromatic carbocycles. The van der Waals surface area contributed by atoms with Crippen LogP contribution in [0.5, 0.6) is 11.5 Å². The van der Waals surface area contributed by atoms with Gasteiger partial charge in [-0.3, -0.25) is 0 Å². The zero-order valence-corrected chi connectivity index (χ0v) is 34.3. The van der Waals surface area contributed by atoms with E-state index in [0.717, 1.165) is 83.5 Å². The summed E-state index contributed by atoms with van der Waals surface area (Å²) in [6, 6.07) is 81.3. The highest BCUT2D eigenvalue weighted by atomic mass is 79.9. The minimum atomic E-state index is 0.0595. The molecule has 1 N–H and O–H groups in total. The molecule has 0 saturated carbocycles. The van der Waals surface area contributed by atoms with E-state index in [1.54, 1.807) is 0 Å². The lowest BCUT2D eigenvalue weighted by Crippen LogP contribution is -2.54. The second kappa shape index (κ2) is 16.5. The maximum Gasteiger partial charge on any atom is 0.250 e. The highest BCUT2D eigenvalue weighted by molar-refractivity contribution is 9.10. The van der Waals surface area contributed by atoms with Crippen LogP contribution in [0.1, 0.15) is 0 Å². The molecule has 10 rings (SSSR count). The summed E-state index contributed by atoms with van der Waals surface area (Å²) >= 11 is 3.68. The fourth-order valence-electron chi connectivity index (χ4n) is 8.23. The molecule has 0 fully saturated rings. The third kappa shape index (κ3) is 7.57. The van der Waals surface area contributed by atoms with Gasteiger partial charge >= 0.3 is 0 Å². The van der Waals surface area contributed by atoms with Crippen LogP contribution in [0, 0.1) is 0 Å². The normalized spacial score (nSPS) is 11.5. The van der Waals surface area contributed by atoms with Gasteiger partial charge in [-0.1, -0.05) is 155 Å². The maximum atomic E-state index is 6.71. The Kier molecular flexibility index (Phi) is 10.2. The van der Waals surface area contributed by atoms with Crippen molar-refractivity contribution in [1.82, 2.24) is 0 Å². The Morgan fingerprint density at radius 2 is 0.850 bits per heavy atom. The van der Waals surface area contributed by atoms with Crippen molar-refractivity contribution in [3.05, 3.63) is 235 Å². The Balaban J connectivity index is 1.11. The van der Waals surface area contributed by atoms with Gasteiger partial charge in [0.05, 0.1) is 11.4 Å². The van der Waals surface area contributed by atoms with E-state index < -0.39 is 0 Å². The second-order valence-corrected chi connectivity index (χ2v) is 15.8. The molecule has 0 unspecified atom stereocenters. The molecule has 0 saturated heterocycles. The van der Waals surface area contributed by atoms with Crippen LogP contribution in [0.15, 0.2) is 235 Å². The van der Waals surface area contributed by atoms with Crippen molar-refractivity contribution in [3.63, 3.8) is 0 Å². The number of halogens is 1. The van der Waals surface area contributed by atoms with Crippen molar-refractivity contribution in [2.45, 2.75) is 0 Å². The summed E-state index contributed by atoms with van der Waals surface area (Å²) in [7, 11) is 0. The zero-order chi connectivity index (χ0) is 40.3. The summed E-state index contributed by atoms with van der Waals surface area (Å²) in [5.74, 6) is 1.73. The number of nitrogens with one attached hydrogen (secondary N) is 1. The van der Waals surface area contributed by atoms with Crippen LogP contribution < -0.4 is 36.2 Å². The summed E-state index contributed by atoms with van der Waals surface area (Å²) in [5.41, 5.74) is 13.9. The summed E-state index contributed by atoms with van der Waals surface area (Å²) in [6.45, 7) is 0.0595. The number of hydrogen-bond donors (Lipinski definition) is 1. The monoisotopic (exact) mass is 835 g/mol. The van der Waals surface area contributed by atoms with Crippen molar-refractivity contribution in [2.75, 3.05) is 15.1 Å². The molecular weight excluding hydrogens is 797 g/mol. The van der Waals surface area contributed by atoms with Crippen LogP contribution in [0.2, 0.25) is 0 Å². The molecule has 0 atom stereocenters. The number of nitrogens with zero attached hydrogens (tertiary/aromatic N) is 2. The highest BCUT2D eigenvalue weighted by Gasteiger charge is 2.32. The second-order valence-electron chi connectivity index (χ2n) is 14.8. The number of benzene rings is 9. The van der Waals surface area contributed by atoms with Crippen LogP contribution in [-0.4, -0.2) is 6.71 Å². The molecule has 286 valence electrons. The first-order valence-electron chi connectivity index (χ1n) is 20.1. The Hall–Kier alpha value is -7.28. The Bertz CT molecular complexity index is 2860. The van der Waals surface area contributed by atoms with Crippen molar-refractivity contribution in [1.29, 1.82) is 0 Å². The standard InChI is InChI=1S/C54H39BBrN3O/c56-42-30-32-52-54(35-42)60-53-34-40(29-31-51(53)55(52)41-18-6-1-7-19-41)39-17-16-28-48(33-39)59(47-26-14-5-15-27-47)50-37-44(57-43-20-8-2-9-21-43)36-49(38-50)58(45-22-10-3-11-23-45)46-24-12-4-13-25-46/h1-38,57H. The van der Waals surface area contributed by atoms with Crippen molar-refractivity contribution < 1.29 is 4.74 Å². The maximum absolute atomic E-state index is 6.71. The van der Waals surface area contributed by atoms with E-state index in [1.165, 1.54) is 5.46 Å². The number of ether oxygens (including phenoxy) is 1. The van der Waals surface area contributed by atoms with E-state index in [2.05, 4.69) is 256 Å². The van der Waals surface area contributed by atoms with Gasteiger partial charge in [0.1, 0.15) is 11.5 Å². The fraction of sp³-hybridized carbons (Fsp3) is 0. The summed E-state index contributed by atoms with van der Waals surface area (Å²) in [5, 5.41) is 3.72. The highest BCUT2D eigenvalue weighted by Crippen LogP contribution is 2.43. The molecule has 1 heterocycles. The van der Waals surface area contributed by atoms with Crippen molar-refractivity contribution in [3.8, 4) is 22.6 Å². The molecule has 0 radical (unpaired) electrons. The van der Waals surface area contributed by atoms with Gasteiger partial charge < -0.3 is 19.9 Å². The van der Waals surface area contributed by atoms with Gasteiger partial charge in [-0.05, 0) is 119 Å². The van der Waals surface area contributed by atoms with Crippen molar-refractivity contribution in [2.24, 2.45) is 0 Å². The lowest BCUT2D eigenvalue weighted by atomic mass is 9.36. The first-order chi connectivity index (χ1) is 29.6. The fourth-order valence-corrected chi connectivity index (χ4v) is 8.57. The molecule has 0 aliphatic carbocycles. The molecular formula is C54H39BBrN3O. The third-order valence-corrected chi connectivity index (χ3v) is 11.4. The zero-order valence-electron chi connectivity index (χ0n) is 32.7. The van der Waals surface area contributed by atoms with Crippen LogP contribution in [0.25, 0.3) is 11.1 Å². The summed E-state index contributed by atoms with van der Waals surface area (Å²) in [6.07, 6.45) is 0. The largest absolute Gasteiger partial charge is 0.458 e. The number of para-hydroxylation sites is 4. The van der Waals surface area contributed by atoms with Crippen LogP contribution in [0.4, 0.5) is 45.5 Å². The average molecular weight is 837 g/mol. The van der Waals surface area contributed by atoms with E-state index in [-0.39, 0.29) is 6.71 Å². The SMILES string of the molecule is Brc1ccc2c(c1)Oc1cc(-c3cccc(N(c4ccccc4)c4cc(Nc5ccccc5)cc(N(c5ccccc5)c5ccccc5)c4)c3)ccc1B2c1ccccc1. The topological polar surface area (TPSA) is 27.7 Å². The predicted octanol–water partition coefficient (Wildman–Crippen LogP) is 13.4. The Labute approximate surface area is 360 Å². The number of rotatable bonds is 10. The minimum Gasteiger partial charge on any atom is -0.458 e. The molecule has 9 aromatic rings. The molecule has 4 nitrogen and oxygen atoms in total. The molecule has 0 aromatic heterocycles. The minimum absolute atomic E-state index is 0.0595. The lowest BCUT2D eigenvalue weighted by Gasteiger charge is -2.30. The molecule has 0 spiro atoms. The van der Waals surface area contributed by atoms with E-state index >= 15 is 0 Å². The third-order valence-electron chi connectivity index (χ3n) is 10.9. The van der Waals surface area contributed by atoms with Gasteiger partial charge in [0, 0.05) is 38.6 Å². The summed E-state index contributed by atoms with van der Waals surface area (Å²) in [4.78, 5) is 4.65. The lowest BCUT2D eigenvalue weighted by molar-refractivity contribution is 0.487. The van der Waals surface area contributed by atoms with E-state index in [1.807, 2.05) is 6.07 Å². The first-order valence-corrected chi connectivity index (χ1v) is 20.9. The molecule has 6 heteroatoms. The van der Waals surface area contributed by atoms with Gasteiger partial charge in [-0.25, -0.2) is 0 Å². The quantitative estimate of drug-likeness (QED) is 0.139. The molecule has 0 amide bonds. The molecule has 60 heavy (non-hydrogen) atoms. The van der Waals surface area contributed by atoms with Gasteiger partial charge in [0.15, 0.2) is 0 Å². The first kappa shape index (κ1) is 37.0. The Morgan fingerprint density at radius 1 is 0.367 bits per heavy atom. The van der Waals surface area contributed by atoms with Gasteiger partial charge in [-0.15, -0.1) is 0 Å². The van der Waals surface area contributed by atoms with Crippen LogP contribution in [-0.2, 0) is 0 Å². The average Bonchev–Trinajstić information content (AvgIpc) is 3.30. The molecule has 1 aliphatic heterocycles. The number of anilines is 8. The van der Waals surface area contributed by atoms with Crippen LogP contribution >= 0.6 is 15.9 Å². The predicted molar refractivity (Wildman–Crippen MR) is 256 cm³/mol. The van der Waals surface area contributed by atoms with Gasteiger partial charge in [0.25, 0.3) is 6.71 Å². The molecule has 0 bridgehead atoms. The van der Waals surface area contributed by atoms with Gasteiger partial charge in [0.2, 0.25) is 0 Å². The van der Waals surface area contributed by atoms with Gasteiger partial charge in [-0.2, -0.15) is 0 Å². The number of hydrogen-bond acceptors (Lipinski definition) is 4. The van der Waals surface area contributed by atoms with E-state index in [9.17, 15) is 0 Å². The Morgan fingerprint density at radius 3 is 1.45 bits per heavy atom. The molecule has 1 aliphatic rings. The summed E-state index contributed by atoms with van der Waals surface area (Å²) < 4.78 is 7.70. The van der Waals surface area contributed by atoms with E-state index in [0.29, 0.717) is 0 Å². The van der Waals surface area contributed by atoms with E-state index in [4.69, 9.17) is 4.74 Å². The van der Waals surface area contributed by atoms with Crippen molar-refractivity contribution >= 4 is 84.5 Å². The smallest absolute Gasteiger partial charge is 0.250 e.